The molecule has 5 nitrogen and oxygen atoms in total. The molecular weight excluding hydrogens is 274 g/mol. The zero-order chi connectivity index (χ0) is 13.5. The molecule has 1 aliphatic rings. The van der Waals surface area contributed by atoms with Gasteiger partial charge in [-0.3, -0.25) is 4.40 Å². The Hall–Kier alpha value is -2.52. The van der Waals surface area contributed by atoms with Crippen molar-refractivity contribution in [2.75, 3.05) is 6.79 Å². The number of nitriles is 1. The van der Waals surface area contributed by atoms with E-state index in [1.165, 1.54) is 0 Å². The van der Waals surface area contributed by atoms with Crippen molar-refractivity contribution in [3.8, 4) is 28.8 Å². The predicted molar refractivity (Wildman–Crippen MR) is 73.9 cm³/mol. The van der Waals surface area contributed by atoms with Crippen LogP contribution in [0.2, 0.25) is 0 Å². The second-order valence-corrected chi connectivity index (χ2v) is 5.23. The number of imidazole rings is 1. The summed E-state index contributed by atoms with van der Waals surface area (Å²) in [6.07, 6.45) is 2.10. The Labute approximate surface area is 118 Å². The summed E-state index contributed by atoms with van der Waals surface area (Å²) in [5.74, 6) is 1.52. The van der Waals surface area contributed by atoms with Crippen molar-refractivity contribution in [3.05, 3.63) is 35.5 Å². The van der Waals surface area contributed by atoms with Crippen molar-refractivity contribution in [3.63, 3.8) is 0 Å². The average molecular weight is 283 g/mol. The smallest absolute Gasteiger partial charge is 0.231 e. The van der Waals surface area contributed by atoms with Crippen molar-refractivity contribution in [2.45, 2.75) is 6.42 Å². The fourth-order valence-corrected chi connectivity index (χ4v) is 3.22. The average Bonchev–Trinajstić information content (AvgIpc) is 3.14. The van der Waals surface area contributed by atoms with E-state index in [1.54, 1.807) is 17.5 Å². The molecule has 0 fully saturated rings. The Balaban J connectivity index is 1.90. The summed E-state index contributed by atoms with van der Waals surface area (Å²) in [6.45, 7) is 0.266. The van der Waals surface area contributed by atoms with E-state index in [2.05, 4.69) is 11.1 Å². The van der Waals surface area contributed by atoms with Crippen molar-refractivity contribution in [1.82, 2.24) is 9.38 Å². The number of thiazole rings is 1. The van der Waals surface area contributed by atoms with Crippen LogP contribution in [0.3, 0.4) is 0 Å². The molecule has 3 heterocycles. The molecule has 4 rings (SSSR count). The van der Waals surface area contributed by atoms with E-state index >= 15 is 0 Å². The third kappa shape index (κ3) is 1.57. The summed E-state index contributed by atoms with van der Waals surface area (Å²) in [7, 11) is 0. The van der Waals surface area contributed by atoms with Gasteiger partial charge in [0.2, 0.25) is 6.79 Å². The van der Waals surface area contributed by atoms with Crippen LogP contribution in [-0.2, 0) is 6.42 Å². The Morgan fingerprint density at radius 1 is 1.35 bits per heavy atom. The molecule has 0 bridgehead atoms. The molecule has 98 valence electrons. The van der Waals surface area contributed by atoms with Crippen LogP contribution in [0.4, 0.5) is 0 Å². The lowest BCUT2D eigenvalue weighted by molar-refractivity contribution is 0.174. The highest BCUT2D eigenvalue weighted by Crippen LogP contribution is 2.37. The number of nitrogens with zero attached hydrogens (tertiary/aromatic N) is 3. The first-order valence-corrected chi connectivity index (χ1v) is 6.95. The predicted octanol–water partition coefficient (Wildman–Crippen LogP) is 2.86. The molecule has 1 aromatic carbocycles. The van der Waals surface area contributed by atoms with Gasteiger partial charge in [0.05, 0.1) is 30.1 Å². The van der Waals surface area contributed by atoms with Gasteiger partial charge in [0.25, 0.3) is 0 Å². The Kier molecular flexibility index (Phi) is 2.41. The molecule has 0 radical (unpaired) electrons. The van der Waals surface area contributed by atoms with Crippen LogP contribution in [0.15, 0.2) is 29.8 Å². The first-order chi connectivity index (χ1) is 9.86. The maximum absolute atomic E-state index is 8.90. The summed E-state index contributed by atoms with van der Waals surface area (Å²) in [5.41, 5.74) is 2.94. The molecule has 0 amide bonds. The topological polar surface area (TPSA) is 59.5 Å². The third-order valence-corrected chi connectivity index (χ3v) is 4.09. The van der Waals surface area contributed by atoms with Crippen LogP contribution >= 0.6 is 11.3 Å². The van der Waals surface area contributed by atoms with Gasteiger partial charge < -0.3 is 9.47 Å². The van der Waals surface area contributed by atoms with Gasteiger partial charge in [-0.15, -0.1) is 11.3 Å². The standard InChI is InChI=1S/C14H9N3O2S/c15-4-3-10-6-16-14-17(10)11(7-20-14)9-1-2-12-13(5-9)19-8-18-12/h1-2,5-7H,3,8H2. The van der Waals surface area contributed by atoms with Crippen molar-refractivity contribution < 1.29 is 9.47 Å². The number of hydrogen-bond acceptors (Lipinski definition) is 5. The Morgan fingerprint density at radius 2 is 2.25 bits per heavy atom. The van der Waals surface area contributed by atoms with Gasteiger partial charge in [-0.2, -0.15) is 5.26 Å². The molecule has 0 N–H and O–H groups in total. The lowest BCUT2D eigenvalue weighted by Crippen LogP contribution is -1.93. The third-order valence-electron chi connectivity index (χ3n) is 3.25. The van der Waals surface area contributed by atoms with Gasteiger partial charge in [-0.1, -0.05) is 0 Å². The van der Waals surface area contributed by atoms with Gasteiger partial charge >= 0.3 is 0 Å². The van der Waals surface area contributed by atoms with Gasteiger partial charge in [0.15, 0.2) is 16.5 Å². The normalized spacial score (nSPS) is 12.8. The number of ether oxygens (including phenoxy) is 2. The molecule has 0 aliphatic carbocycles. The summed E-state index contributed by atoms with van der Waals surface area (Å²) < 4.78 is 12.8. The zero-order valence-electron chi connectivity index (χ0n) is 10.4. The molecular formula is C14H9N3O2S. The largest absolute Gasteiger partial charge is 0.454 e. The van der Waals surface area contributed by atoms with Crippen LogP contribution in [0.5, 0.6) is 11.5 Å². The van der Waals surface area contributed by atoms with E-state index in [9.17, 15) is 0 Å². The minimum Gasteiger partial charge on any atom is -0.454 e. The molecule has 0 atom stereocenters. The van der Waals surface area contributed by atoms with Gasteiger partial charge in [-0.25, -0.2) is 4.98 Å². The molecule has 20 heavy (non-hydrogen) atoms. The summed E-state index contributed by atoms with van der Waals surface area (Å²) in [6, 6.07) is 8.03. The van der Waals surface area contributed by atoms with Gasteiger partial charge in [0, 0.05) is 10.9 Å². The van der Waals surface area contributed by atoms with Gasteiger partial charge in [0.1, 0.15) is 0 Å². The van der Waals surface area contributed by atoms with Crippen molar-refractivity contribution in [2.24, 2.45) is 0 Å². The van der Waals surface area contributed by atoms with Crippen LogP contribution in [0.1, 0.15) is 5.69 Å². The Bertz CT molecular complexity index is 844. The van der Waals surface area contributed by atoms with Crippen molar-refractivity contribution in [1.29, 1.82) is 5.26 Å². The highest BCUT2D eigenvalue weighted by atomic mass is 32.1. The molecule has 1 aliphatic heterocycles. The van der Waals surface area contributed by atoms with Crippen LogP contribution in [0.25, 0.3) is 16.2 Å². The summed E-state index contributed by atoms with van der Waals surface area (Å²) >= 11 is 1.56. The monoisotopic (exact) mass is 283 g/mol. The second-order valence-electron chi connectivity index (χ2n) is 4.39. The first-order valence-electron chi connectivity index (χ1n) is 6.07. The number of benzene rings is 1. The molecule has 0 spiro atoms. The first kappa shape index (κ1) is 11.3. The fraction of sp³-hybridized carbons (Fsp3) is 0.143. The maximum Gasteiger partial charge on any atom is 0.231 e. The van der Waals surface area contributed by atoms with E-state index < -0.39 is 0 Å². The van der Waals surface area contributed by atoms with E-state index in [1.807, 2.05) is 28.0 Å². The lowest BCUT2D eigenvalue weighted by atomic mass is 10.1. The fourth-order valence-electron chi connectivity index (χ4n) is 2.33. The Morgan fingerprint density at radius 3 is 3.15 bits per heavy atom. The number of rotatable bonds is 2. The number of hydrogen-bond donors (Lipinski definition) is 0. The van der Waals surface area contributed by atoms with E-state index in [0.717, 1.165) is 33.4 Å². The zero-order valence-corrected chi connectivity index (χ0v) is 11.2. The molecule has 0 saturated heterocycles. The lowest BCUT2D eigenvalue weighted by Gasteiger charge is -2.03. The minimum absolute atomic E-state index is 0.266. The van der Waals surface area contributed by atoms with Gasteiger partial charge in [-0.05, 0) is 18.2 Å². The SMILES string of the molecule is N#CCc1cnc2scc(-c3ccc4c(c3)OCO4)n12. The minimum atomic E-state index is 0.266. The molecule has 0 unspecified atom stereocenters. The maximum atomic E-state index is 8.90. The van der Waals surface area contributed by atoms with Crippen molar-refractivity contribution >= 4 is 16.3 Å². The summed E-state index contributed by atoms with van der Waals surface area (Å²) in [5, 5.41) is 10.9. The molecule has 6 heteroatoms. The molecule has 2 aromatic heterocycles. The molecule has 3 aromatic rings. The second kappa shape index (κ2) is 4.25. The van der Waals surface area contributed by atoms with E-state index in [0.29, 0.717) is 6.42 Å². The summed E-state index contributed by atoms with van der Waals surface area (Å²) in [4.78, 5) is 5.22. The number of fused-ring (bicyclic) bond motifs is 2. The van der Waals surface area contributed by atoms with Crippen LogP contribution < -0.4 is 9.47 Å². The van der Waals surface area contributed by atoms with Crippen LogP contribution in [-0.4, -0.2) is 16.2 Å². The molecule has 0 saturated carbocycles. The van der Waals surface area contributed by atoms with E-state index in [4.69, 9.17) is 14.7 Å². The van der Waals surface area contributed by atoms with Crippen LogP contribution in [0, 0.1) is 11.3 Å². The highest BCUT2D eigenvalue weighted by Gasteiger charge is 2.17. The number of aromatic nitrogens is 2. The quantitative estimate of drug-likeness (QED) is 0.725. The van der Waals surface area contributed by atoms with E-state index in [-0.39, 0.29) is 6.79 Å². The highest BCUT2D eigenvalue weighted by molar-refractivity contribution is 7.15.